The van der Waals surface area contributed by atoms with Gasteiger partial charge in [-0.15, -0.1) is 24.0 Å². The van der Waals surface area contributed by atoms with Crippen molar-refractivity contribution in [2.24, 2.45) is 15.9 Å². The van der Waals surface area contributed by atoms with Crippen molar-refractivity contribution < 1.29 is 8.42 Å². The fourth-order valence-corrected chi connectivity index (χ4v) is 1.79. The minimum Gasteiger partial charge on any atom is -0.370 e. The summed E-state index contributed by atoms with van der Waals surface area (Å²) in [6.45, 7) is 3.21. The van der Waals surface area contributed by atoms with E-state index in [1.807, 2.05) is 6.92 Å². The van der Waals surface area contributed by atoms with E-state index in [0.29, 0.717) is 12.5 Å². The van der Waals surface area contributed by atoms with Gasteiger partial charge in [-0.1, -0.05) is 19.1 Å². The first-order valence-corrected chi connectivity index (χ1v) is 7.13. The van der Waals surface area contributed by atoms with E-state index in [0.717, 1.165) is 18.5 Å². The number of benzene rings is 1. The minimum atomic E-state index is -3.64. The maximum absolute atomic E-state index is 11.0. The summed E-state index contributed by atoms with van der Waals surface area (Å²) >= 11 is 0. The molecule has 0 saturated heterocycles. The number of halogens is 1. The largest absolute Gasteiger partial charge is 0.370 e. The molecular weight excluding hydrogens is 379 g/mol. The van der Waals surface area contributed by atoms with Crippen molar-refractivity contribution in [3.05, 3.63) is 29.8 Å². The molecule has 0 saturated carbocycles. The SMILES string of the molecule is CCCNC(N)=NCc1ccc(S(N)(=O)=O)cc1.I. The molecule has 0 bridgehead atoms. The molecule has 1 aromatic carbocycles. The molecule has 6 nitrogen and oxygen atoms in total. The van der Waals surface area contributed by atoms with E-state index in [2.05, 4.69) is 10.3 Å². The Balaban J connectivity index is 0.00000324. The van der Waals surface area contributed by atoms with Crippen LogP contribution in [-0.2, 0) is 16.6 Å². The van der Waals surface area contributed by atoms with Crippen LogP contribution in [0.25, 0.3) is 0 Å². The molecule has 0 heterocycles. The molecule has 8 heteroatoms. The van der Waals surface area contributed by atoms with Crippen LogP contribution < -0.4 is 16.2 Å². The second-order valence-electron chi connectivity index (χ2n) is 3.82. The fourth-order valence-electron chi connectivity index (χ4n) is 1.27. The number of hydrogen-bond donors (Lipinski definition) is 3. The minimum absolute atomic E-state index is 0. The molecule has 0 fully saturated rings. The number of primary sulfonamides is 1. The number of nitrogens with one attached hydrogen (secondary N) is 1. The van der Waals surface area contributed by atoms with E-state index in [1.54, 1.807) is 12.1 Å². The summed E-state index contributed by atoms with van der Waals surface area (Å²) in [5.41, 5.74) is 6.49. The number of nitrogens with two attached hydrogens (primary N) is 2. The molecule has 5 N–H and O–H groups in total. The molecule has 1 rings (SSSR count). The summed E-state index contributed by atoms with van der Waals surface area (Å²) in [5, 5.41) is 7.95. The van der Waals surface area contributed by atoms with Gasteiger partial charge in [-0.05, 0) is 24.1 Å². The highest BCUT2D eigenvalue weighted by Gasteiger charge is 2.06. The Labute approximate surface area is 130 Å². The van der Waals surface area contributed by atoms with E-state index >= 15 is 0 Å². The second kappa shape index (κ2) is 8.33. The smallest absolute Gasteiger partial charge is 0.238 e. The first kappa shape index (κ1) is 18.1. The molecule has 108 valence electrons. The molecular formula is C11H19IN4O2S. The van der Waals surface area contributed by atoms with Crippen LogP contribution in [0.3, 0.4) is 0 Å². The quantitative estimate of drug-likeness (QED) is 0.387. The topological polar surface area (TPSA) is 111 Å². The van der Waals surface area contributed by atoms with Crippen LogP contribution in [0.5, 0.6) is 0 Å². The van der Waals surface area contributed by atoms with Gasteiger partial charge >= 0.3 is 0 Å². The van der Waals surface area contributed by atoms with Gasteiger partial charge < -0.3 is 11.1 Å². The molecule has 0 amide bonds. The highest BCUT2D eigenvalue weighted by Crippen LogP contribution is 2.09. The van der Waals surface area contributed by atoms with Crippen molar-refractivity contribution in [3.8, 4) is 0 Å². The predicted octanol–water partition coefficient (Wildman–Crippen LogP) is 0.766. The Morgan fingerprint density at radius 1 is 1.32 bits per heavy atom. The van der Waals surface area contributed by atoms with E-state index in [9.17, 15) is 8.42 Å². The molecule has 0 spiro atoms. The summed E-state index contributed by atoms with van der Waals surface area (Å²) in [6.07, 6.45) is 0.972. The summed E-state index contributed by atoms with van der Waals surface area (Å²) < 4.78 is 22.1. The molecule has 0 aliphatic heterocycles. The number of aliphatic imine (C=N–C) groups is 1. The van der Waals surface area contributed by atoms with E-state index in [1.165, 1.54) is 12.1 Å². The summed E-state index contributed by atoms with van der Waals surface area (Å²) in [5.74, 6) is 0.382. The van der Waals surface area contributed by atoms with Gasteiger partial charge in [0.25, 0.3) is 0 Å². The number of nitrogens with zero attached hydrogens (tertiary/aromatic N) is 1. The molecule has 19 heavy (non-hydrogen) atoms. The van der Waals surface area contributed by atoms with Crippen LogP contribution in [-0.4, -0.2) is 20.9 Å². The van der Waals surface area contributed by atoms with Crippen LogP contribution in [0.1, 0.15) is 18.9 Å². The Morgan fingerprint density at radius 2 is 1.89 bits per heavy atom. The zero-order valence-corrected chi connectivity index (χ0v) is 13.8. The van der Waals surface area contributed by atoms with Gasteiger partial charge in [0.1, 0.15) is 0 Å². The van der Waals surface area contributed by atoms with Crippen LogP contribution >= 0.6 is 24.0 Å². The van der Waals surface area contributed by atoms with Crippen LogP contribution in [0.15, 0.2) is 34.2 Å². The Morgan fingerprint density at radius 3 is 2.37 bits per heavy atom. The fraction of sp³-hybridized carbons (Fsp3) is 0.364. The second-order valence-corrected chi connectivity index (χ2v) is 5.38. The highest BCUT2D eigenvalue weighted by molar-refractivity contribution is 14.0. The Kier molecular flexibility index (Phi) is 7.95. The maximum atomic E-state index is 11.0. The van der Waals surface area contributed by atoms with Crippen molar-refractivity contribution in [3.63, 3.8) is 0 Å². The van der Waals surface area contributed by atoms with Crippen LogP contribution in [0.2, 0.25) is 0 Å². The highest BCUT2D eigenvalue weighted by atomic mass is 127. The Hall–Kier alpha value is -0.870. The van der Waals surface area contributed by atoms with Crippen LogP contribution in [0, 0.1) is 0 Å². The zero-order chi connectivity index (χ0) is 13.6. The molecule has 0 aromatic heterocycles. The van der Waals surface area contributed by atoms with Crippen molar-refractivity contribution in [2.75, 3.05) is 6.54 Å². The lowest BCUT2D eigenvalue weighted by Gasteiger charge is -2.04. The average Bonchev–Trinajstić information content (AvgIpc) is 2.33. The monoisotopic (exact) mass is 398 g/mol. The molecule has 0 radical (unpaired) electrons. The normalized spacial score (nSPS) is 11.8. The number of rotatable bonds is 5. The van der Waals surface area contributed by atoms with E-state index < -0.39 is 10.0 Å². The van der Waals surface area contributed by atoms with Gasteiger partial charge in [-0.25, -0.2) is 18.5 Å². The lowest BCUT2D eigenvalue weighted by molar-refractivity contribution is 0.598. The molecule has 1 aromatic rings. The molecule has 0 aliphatic rings. The standard InChI is InChI=1S/C11H18N4O2S.HI/c1-2-7-14-11(12)15-8-9-3-5-10(6-4-9)18(13,16)17;/h3-6H,2,7-8H2,1H3,(H3,12,14,15)(H2,13,16,17);1H. The maximum Gasteiger partial charge on any atom is 0.238 e. The third-order valence-electron chi connectivity index (χ3n) is 2.24. The average molecular weight is 398 g/mol. The third-order valence-corrected chi connectivity index (χ3v) is 3.17. The van der Waals surface area contributed by atoms with Gasteiger partial charge in [0.2, 0.25) is 10.0 Å². The van der Waals surface area contributed by atoms with E-state index in [4.69, 9.17) is 10.9 Å². The van der Waals surface area contributed by atoms with Gasteiger partial charge in [0, 0.05) is 6.54 Å². The number of hydrogen-bond acceptors (Lipinski definition) is 3. The zero-order valence-electron chi connectivity index (χ0n) is 10.7. The van der Waals surface area contributed by atoms with Gasteiger partial charge in [-0.2, -0.15) is 0 Å². The Bertz CT molecular complexity index is 514. The number of guanidine groups is 1. The third kappa shape index (κ3) is 6.73. The van der Waals surface area contributed by atoms with Crippen molar-refractivity contribution in [1.29, 1.82) is 0 Å². The van der Waals surface area contributed by atoms with Crippen molar-refractivity contribution in [2.45, 2.75) is 24.8 Å². The first-order valence-electron chi connectivity index (χ1n) is 5.59. The lowest BCUT2D eigenvalue weighted by Crippen LogP contribution is -2.32. The van der Waals surface area contributed by atoms with Gasteiger partial charge in [-0.3, -0.25) is 0 Å². The van der Waals surface area contributed by atoms with E-state index in [-0.39, 0.29) is 28.9 Å². The van der Waals surface area contributed by atoms with Crippen LogP contribution in [0.4, 0.5) is 0 Å². The van der Waals surface area contributed by atoms with Crippen molar-refractivity contribution >= 4 is 40.0 Å². The van der Waals surface area contributed by atoms with Gasteiger partial charge in [0.05, 0.1) is 11.4 Å². The molecule has 0 unspecified atom stereocenters. The lowest BCUT2D eigenvalue weighted by atomic mass is 10.2. The first-order chi connectivity index (χ1) is 8.43. The summed E-state index contributed by atoms with van der Waals surface area (Å²) in [6, 6.07) is 6.23. The number of sulfonamides is 1. The van der Waals surface area contributed by atoms with Gasteiger partial charge in [0.15, 0.2) is 5.96 Å². The molecule has 0 atom stereocenters. The predicted molar refractivity (Wildman–Crippen MR) is 86.9 cm³/mol. The summed E-state index contributed by atoms with van der Waals surface area (Å²) in [7, 11) is -3.64. The molecule has 0 aliphatic carbocycles. The summed E-state index contributed by atoms with van der Waals surface area (Å²) in [4.78, 5) is 4.22. The van der Waals surface area contributed by atoms with Crippen molar-refractivity contribution in [1.82, 2.24) is 5.32 Å².